The van der Waals surface area contributed by atoms with Gasteiger partial charge in [-0.2, -0.15) is 5.06 Å². The van der Waals surface area contributed by atoms with Gasteiger partial charge in [-0.3, -0.25) is 4.84 Å². The van der Waals surface area contributed by atoms with Gasteiger partial charge in [0.25, 0.3) is 0 Å². The van der Waals surface area contributed by atoms with E-state index in [9.17, 15) is 4.79 Å². The van der Waals surface area contributed by atoms with E-state index < -0.39 is 8.32 Å². The first kappa shape index (κ1) is 21.5. The highest BCUT2D eigenvalue weighted by molar-refractivity contribution is 6.74. The smallest absolute Gasteiger partial charge is 0.338 e. The number of fused-ring (bicyclic) bond motifs is 2. The van der Waals surface area contributed by atoms with Crippen molar-refractivity contribution < 1.29 is 18.8 Å². The summed E-state index contributed by atoms with van der Waals surface area (Å²) < 4.78 is 12.2. The van der Waals surface area contributed by atoms with Crippen LogP contribution in [0.25, 0.3) is 0 Å². The molecule has 2 aliphatic rings. The minimum Gasteiger partial charge on any atom is -0.462 e. The van der Waals surface area contributed by atoms with Crippen LogP contribution in [0.1, 0.15) is 50.4 Å². The van der Waals surface area contributed by atoms with Gasteiger partial charge in [0.1, 0.15) is 0 Å². The van der Waals surface area contributed by atoms with Crippen LogP contribution in [-0.2, 0) is 14.0 Å². The quantitative estimate of drug-likeness (QED) is 0.375. The van der Waals surface area contributed by atoms with Crippen molar-refractivity contribution in [2.45, 2.75) is 70.3 Å². The summed E-state index contributed by atoms with van der Waals surface area (Å²) >= 11 is 0. The maximum Gasteiger partial charge on any atom is 0.338 e. The van der Waals surface area contributed by atoms with Crippen LogP contribution in [0.15, 0.2) is 30.3 Å². The van der Waals surface area contributed by atoms with Gasteiger partial charge in [-0.05, 0) is 49.5 Å². The minimum absolute atomic E-state index is 0.213. The number of benzene rings is 1. The molecule has 0 spiro atoms. The summed E-state index contributed by atoms with van der Waals surface area (Å²) in [6.07, 6.45) is 3.12. The van der Waals surface area contributed by atoms with Crippen molar-refractivity contribution in [1.29, 1.82) is 0 Å². The number of carbonyl (C=O) groups is 1. The topological polar surface area (TPSA) is 48.0 Å². The molecule has 0 saturated carbocycles. The second kappa shape index (κ2) is 8.65. The van der Waals surface area contributed by atoms with Crippen molar-refractivity contribution in [2.24, 2.45) is 5.92 Å². The van der Waals surface area contributed by atoms with E-state index in [1.54, 1.807) is 12.1 Å². The van der Waals surface area contributed by atoms with E-state index in [-0.39, 0.29) is 17.1 Å². The lowest BCUT2D eigenvalue weighted by atomic mass is 9.87. The number of hydrogen-bond donors (Lipinski definition) is 0. The summed E-state index contributed by atoms with van der Waals surface area (Å²) in [7, 11) is -1.80. The molecule has 0 amide bonds. The van der Waals surface area contributed by atoms with Gasteiger partial charge in [0.15, 0.2) is 8.32 Å². The average molecular weight is 406 g/mol. The Hall–Kier alpha value is -1.21. The second-order valence-electron chi connectivity index (χ2n) is 9.52. The van der Waals surface area contributed by atoms with Crippen molar-refractivity contribution in [3.05, 3.63) is 35.9 Å². The molecular formula is C22H35NO4Si. The lowest BCUT2D eigenvalue weighted by molar-refractivity contribution is -0.140. The molecule has 3 rings (SSSR count). The molecule has 0 aromatic heterocycles. The Morgan fingerprint density at radius 3 is 2.64 bits per heavy atom. The first-order chi connectivity index (χ1) is 13.2. The number of carbonyl (C=O) groups excluding carboxylic acids is 1. The maximum absolute atomic E-state index is 12.1. The molecular weight excluding hydrogens is 370 g/mol. The van der Waals surface area contributed by atoms with Crippen LogP contribution < -0.4 is 0 Å². The van der Waals surface area contributed by atoms with E-state index >= 15 is 0 Å². The highest BCUT2D eigenvalue weighted by atomic mass is 28.4. The number of ether oxygens (including phenoxy) is 1. The Morgan fingerprint density at radius 1 is 1.25 bits per heavy atom. The highest BCUT2D eigenvalue weighted by Crippen LogP contribution is 2.42. The van der Waals surface area contributed by atoms with Crippen LogP contribution in [0.2, 0.25) is 18.1 Å². The van der Waals surface area contributed by atoms with Crippen molar-refractivity contribution in [3.63, 3.8) is 0 Å². The van der Waals surface area contributed by atoms with Gasteiger partial charge < -0.3 is 9.16 Å². The fraction of sp³-hybridized carbons (Fsp3) is 0.682. The fourth-order valence-corrected chi connectivity index (χ4v) is 5.23. The third-order valence-corrected chi connectivity index (χ3v) is 11.1. The van der Waals surface area contributed by atoms with Crippen LogP contribution >= 0.6 is 0 Å². The zero-order valence-electron chi connectivity index (χ0n) is 17.9. The normalized spacial score (nSPS) is 27.6. The largest absolute Gasteiger partial charge is 0.462 e. The molecule has 2 saturated heterocycles. The molecule has 28 heavy (non-hydrogen) atoms. The summed E-state index contributed by atoms with van der Waals surface area (Å²) in [5.41, 5.74) is 0.607. The van der Waals surface area contributed by atoms with Crippen LogP contribution in [0.5, 0.6) is 0 Å². The average Bonchev–Trinajstić information content (AvgIpc) is 2.93. The molecule has 2 fully saturated rings. The number of piperidine rings is 1. The third-order valence-electron chi connectivity index (χ3n) is 6.55. The SMILES string of the molecule is CC(C)(C)[Si](C)(C)O[C@@H]1CCN2OC[C@@H]1[C@@H]2CCCOC(=O)c1ccccc1. The van der Waals surface area contributed by atoms with E-state index in [4.69, 9.17) is 14.0 Å². The Bertz CT molecular complexity index is 658. The van der Waals surface area contributed by atoms with Crippen molar-refractivity contribution in [2.75, 3.05) is 19.8 Å². The predicted molar refractivity (Wildman–Crippen MR) is 113 cm³/mol. The number of rotatable bonds is 7. The third kappa shape index (κ3) is 4.85. The zero-order valence-corrected chi connectivity index (χ0v) is 18.9. The lowest BCUT2D eigenvalue weighted by Crippen LogP contribution is -2.51. The van der Waals surface area contributed by atoms with Gasteiger partial charge in [-0.1, -0.05) is 39.0 Å². The first-order valence-electron chi connectivity index (χ1n) is 10.5. The van der Waals surface area contributed by atoms with E-state index in [0.717, 1.165) is 32.4 Å². The van der Waals surface area contributed by atoms with Gasteiger partial charge in [0.2, 0.25) is 0 Å². The van der Waals surface area contributed by atoms with Crippen molar-refractivity contribution in [3.8, 4) is 0 Å². The molecule has 6 heteroatoms. The van der Waals surface area contributed by atoms with Crippen molar-refractivity contribution in [1.82, 2.24) is 5.06 Å². The molecule has 2 bridgehead atoms. The number of hydrogen-bond acceptors (Lipinski definition) is 5. The molecule has 1 aromatic carbocycles. The summed E-state index contributed by atoms with van der Waals surface area (Å²) in [6.45, 7) is 13.6. The standard InChI is InChI=1S/C22H35NO4Si/c1-22(2,3)28(4,5)27-20-13-14-23-19(18(20)16-26-23)12-9-15-25-21(24)17-10-7-6-8-11-17/h6-8,10-11,18-20H,9,12-16H2,1-5H3/t18-,19+,20-/m1/s1. The monoisotopic (exact) mass is 405 g/mol. The van der Waals surface area contributed by atoms with E-state index in [2.05, 4.69) is 38.9 Å². The van der Waals surface area contributed by atoms with Crippen LogP contribution in [0.3, 0.4) is 0 Å². The number of hydroxylamine groups is 2. The Morgan fingerprint density at radius 2 is 1.96 bits per heavy atom. The molecule has 1 aromatic rings. The minimum atomic E-state index is -1.80. The van der Waals surface area contributed by atoms with Gasteiger partial charge in [-0.25, -0.2) is 4.79 Å². The molecule has 156 valence electrons. The predicted octanol–water partition coefficient (Wildman–Crippen LogP) is 4.65. The molecule has 4 atom stereocenters. The summed E-state index contributed by atoms with van der Waals surface area (Å²) in [5, 5.41) is 2.35. The first-order valence-corrected chi connectivity index (χ1v) is 13.4. The Labute approximate surface area is 170 Å². The highest BCUT2D eigenvalue weighted by Gasteiger charge is 2.48. The lowest BCUT2D eigenvalue weighted by Gasteiger charge is -2.44. The maximum atomic E-state index is 12.1. The van der Waals surface area contributed by atoms with Crippen LogP contribution in [0, 0.1) is 5.92 Å². The molecule has 1 unspecified atom stereocenters. The molecule has 2 aliphatic heterocycles. The van der Waals surface area contributed by atoms with Gasteiger partial charge in [-0.15, -0.1) is 0 Å². The van der Waals surface area contributed by atoms with Gasteiger partial charge in [0, 0.05) is 18.5 Å². The fourth-order valence-electron chi connectivity index (χ4n) is 3.83. The Kier molecular flexibility index (Phi) is 6.64. The molecule has 0 radical (unpaired) electrons. The Balaban J connectivity index is 1.50. The zero-order chi connectivity index (χ0) is 20.4. The number of nitrogens with zero attached hydrogens (tertiary/aromatic N) is 1. The van der Waals surface area contributed by atoms with E-state index in [1.807, 2.05) is 18.2 Å². The second-order valence-corrected chi connectivity index (χ2v) is 14.3. The van der Waals surface area contributed by atoms with E-state index in [0.29, 0.717) is 24.1 Å². The summed E-state index contributed by atoms with van der Waals surface area (Å²) in [4.78, 5) is 18.0. The van der Waals surface area contributed by atoms with Gasteiger partial charge >= 0.3 is 5.97 Å². The van der Waals surface area contributed by atoms with E-state index in [1.165, 1.54) is 0 Å². The summed E-state index contributed by atoms with van der Waals surface area (Å²) in [5.74, 6) is 0.163. The van der Waals surface area contributed by atoms with Crippen LogP contribution in [-0.4, -0.2) is 51.3 Å². The van der Waals surface area contributed by atoms with Gasteiger partial charge in [0.05, 0.1) is 24.9 Å². The van der Waals surface area contributed by atoms with Crippen molar-refractivity contribution >= 4 is 14.3 Å². The molecule has 0 N–H and O–H groups in total. The molecule has 0 aliphatic carbocycles. The van der Waals surface area contributed by atoms with Crippen LogP contribution in [0.4, 0.5) is 0 Å². The number of esters is 1. The molecule has 5 nitrogen and oxygen atoms in total. The molecule has 2 heterocycles. The summed E-state index contributed by atoms with van der Waals surface area (Å²) in [6, 6.07) is 9.52.